The van der Waals surface area contributed by atoms with Crippen molar-refractivity contribution in [2.45, 2.75) is 13.8 Å². The Morgan fingerprint density at radius 1 is 1.04 bits per heavy atom. The number of amides is 2. The van der Waals surface area contributed by atoms with Crippen LogP contribution in [-0.4, -0.2) is 25.5 Å². The maximum atomic E-state index is 11.9. The van der Waals surface area contributed by atoms with Gasteiger partial charge in [0.05, 0.1) is 7.11 Å². The number of hydrogen-bond donors (Lipinski definition) is 2. The standard InChI is InChI=1S/C20H22N2O4/c1-4-5-15-8-11-17(18(12-15)25-3)26-13-19(23)21-22-20(24)16-9-6-14(2)7-10-16/h4-12H,13H2,1-3H3,(H,21,23)(H,22,24)/b5-4+. The fraction of sp³-hybridized carbons (Fsp3) is 0.200. The molecule has 0 aliphatic carbocycles. The molecule has 2 amide bonds. The van der Waals surface area contributed by atoms with Gasteiger partial charge in [-0.15, -0.1) is 0 Å². The lowest BCUT2D eigenvalue weighted by Crippen LogP contribution is -2.43. The molecule has 0 heterocycles. The fourth-order valence-electron chi connectivity index (χ4n) is 2.18. The Morgan fingerprint density at radius 3 is 2.42 bits per heavy atom. The topological polar surface area (TPSA) is 76.7 Å². The molecule has 0 saturated heterocycles. The SMILES string of the molecule is C/C=C/c1ccc(OCC(=O)NNC(=O)c2ccc(C)cc2)c(OC)c1. The minimum Gasteiger partial charge on any atom is -0.493 e. The van der Waals surface area contributed by atoms with Crippen molar-refractivity contribution in [1.29, 1.82) is 0 Å². The first-order valence-corrected chi connectivity index (χ1v) is 8.13. The van der Waals surface area contributed by atoms with Gasteiger partial charge in [-0.25, -0.2) is 0 Å². The summed E-state index contributed by atoms with van der Waals surface area (Å²) in [5.41, 5.74) is 7.14. The molecule has 26 heavy (non-hydrogen) atoms. The second kappa shape index (κ2) is 9.27. The van der Waals surface area contributed by atoms with Crippen molar-refractivity contribution in [3.05, 3.63) is 65.2 Å². The number of nitrogens with one attached hydrogen (secondary N) is 2. The van der Waals surface area contributed by atoms with Crippen LogP contribution in [0.3, 0.4) is 0 Å². The van der Waals surface area contributed by atoms with E-state index in [0.29, 0.717) is 17.1 Å². The summed E-state index contributed by atoms with van der Waals surface area (Å²) in [6, 6.07) is 12.4. The van der Waals surface area contributed by atoms with E-state index >= 15 is 0 Å². The Balaban J connectivity index is 1.86. The first-order chi connectivity index (χ1) is 12.5. The van der Waals surface area contributed by atoms with Crippen LogP contribution in [0.5, 0.6) is 11.5 Å². The molecule has 6 nitrogen and oxygen atoms in total. The van der Waals surface area contributed by atoms with E-state index in [2.05, 4.69) is 10.9 Å². The predicted octanol–water partition coefficient (Wildman–Crippen LogP) is 2.88. The molecule has 0 fully saturated rings. The summed E-state index contributed by atoms with van der Waals surface area (Å²) in [7, 11) is 1.53. The normalized spacial score (nSPS) is 10.4. The average Bonchev–Trinajstić information content (AvgIpc) is 2.65. The highest BCUT2D eigenvalue weighted by atomic mass is 16.5. The molecule has 2 aromatic rings. The summed E-state index contributed by atoms with van der Waals surface area (Å²) in [5, 5.41) is 0. The van der Waals surface area contributed by atoms with E-state index in [1.165, 1.54) is 7.11 Å². The van der Waals surface area contributed by atoms with Crippen molar-refractivity contribution in [3.8, 4) is 11.5 Å². The van der Waals surface area contributed by atoms with Gasteiger partial charge in [-0.05, 0) is 43.7 Å². The molecule has 2 rings (SSSR count). The molecule has 0 saturated carbocycles. The largest absolute Gasteiger partial charge is 0.493 e. The van der Waals surface area contributed by atoms with E-state index in [4.69, 9.17) is 9.47 Å². The van der Waals surface area contributed by atoms with Gasteiger partial charge in [-0.3, -0.25) is 20.4 Å². The number of carbonyl (C=O) groups is 2. The zero-order chi connectivity index (χ0) is 18.9. The molecule has 0 aliphatic rings. The van der Waals surface area contributed by atoms with Gasteiger partial charge in [0, 0.05) is 5.56 Å². The van der Waals surface area contributed by atoms with Crippen molar-refractivity contribution >= 4 is 17.9 Å². The van der Waals surface area contributed by atoms with Crippen LogP contribution in [0.25, 0.3) is 6.08 Å². The number of allylic oxidation sites excluding steroid dienone is 1. The first-order valence-electron chi connectivity index (χ1n) is 8.13. The van der Waals surface area contributed by atoms with E-state index in [1.807, 2.05) is 50.3 Å². The number of aryl methyl sites for hydroxylation is 1. The number of carbonyl (C=O) groups excluding carboxylic acids is 2. The Morgan fingerprint density at radius 2 is 1.77 bits per heavy atom. The van der Waals surface area contributed by atoms with Gasteiger partial charge in [0.25, 0.3) is 11.8 Å². The zero-order valence-corrected chi connectivity index (χ0v) is 15.0. The van der Waals surface area contributed by atoms with E-state index in [0.717, 1.165) is 11.1 Å². The van der Waals surface area contributed by atoms with Crippen LogP contribution in [0.2, 0.25) is 0 Å². The van der Waals surface area contributed by atoms with Gasteiger partial charge >= 0.3 is 0 Å². The molecular formula is C20H22N2O4. The molecule has 2 N–H and O–H groups in total. The molecule has 0 bridgehead atoms. The second-order valence-corrected chi connectivity index (χ2v) is 5.57. The van der Waals surface area contributed by atoms with Crippen LogP contribution in [0.1, 0.15) is 28.4 Å². The highest BCUT2D eigenvalue weighted by molar-refractivity contribution is 5.95. The van der Waals surface area contributed by atoms with Gasteiger partial charge in [0.1, 0.15) is 0 Å². The van der Waals surface area contributed by atoms with Gasteiger partial charge in [0.15, 0.2) is 18.1 Å². The lowest BCUT2D eigenvalue weighted by molar-refractivity contribution is -0.123. The summed E-state index contributed by atoms with van der Waals surface area (Å²) in [5.74, 6) is 0.0922. The maximum absolute atomic E-state index is 11.9. The molecule has 0 radical (unpaired) electrons. The summed E-state index contributed by atoms with van der Waals surface area (Å²) in [6.45, 7) is 3.60. The third-order valence-corrected chi connectivity index (χ3v) is 3.53. The first kappa shape index (κ1) is 19.1. The third-order valence-electron chi connectivity index (χ3n) is 3.53. The fourth-order valence-corrected chi connectivity index (χ4v) is 2.18. The molecule has 2 aromatic carbocycles. The highest BCUT2D eigenvalue weighted by Gasteiger charge is 2.10. The minimum atomic E-state index is -0.481. The lowest BCUT2D eigenvalue weighted by atomic mass is 10.1. The monoisotopic (exact) mass is 354 g/mol. The van der Waals surface area contributed by atoms with Gasteiger partial charge in [-0.1, -0.05) is 35.9 Å². The van der Waals surface area contributed by atoms with Crippen molar-refractivity contribution < 1.29 is 19.1 Å². The van der Waals surface area contributed by atoms with Crippen molar-refractivity contribution in [2.24, 2.45) is 0 Å². The van der Waals surface area contributed by atoms with Crippen LogP contribution >= 0.6 is 0 Å². The maximum Gasteiger partial charge on any atom is 0.276 e. The van der Waals surface area contributed by atoms with E-state index in [9.17, 15) is 9.59 Å². The van der Waals surface area contributed by atoms with Crippen LogP contribution in [0, 0.1) is 6.92 Å². The molecule has 0 atom stereocenters. The molecule has 0 aromatic heterocycles. The third kappa shape index (κ3) is 5.37. The van der Waals surface area contributed by atoms with E-state index in [1.54, 1.807) is 18.2 Å². The molecule has 0 aliphatic heterocycles. The quantitative estimate of drug-likeness (QED) is 0.782. The summed E-state index contributed by atoms with van der Waals surface area (Å²) in [4.78, 5) is 23.8. The molecule has 0 unspecified atom stereocenters. The highest BCUT2D eigenvalue weighted by Crippen LogP contribution is 2.28. The van der Waals surface area contributed by atoms with E-state index < -0.39 is 11.8 Å². The van der Waals surface area contributed by atoms with Crippen molar-refractivity contribution in [1.82, 2.24) is 10.9 Å². The Hall–Kier alpha value is -3.28. The Bertz CT molecular complexity index is 798. The number of hydrazine groups is 1. The molecule has 0 spiro atoms. The van der Waals surface area contributed by atoms with Crippen LogP contribution in [0.15, 0.2) is 48.5 Å². The Labute approximate surface area is 152 Å². The number of rotatable bonds is 6. The van der Waals surface area contributed by atoms with Crippen LogP contribution < -0.4 is 20.3 Å². The second-order valence-electron chi connectivity index (χ2n) is 5.57. The Kier molecular flexibility index (Phi) is 6.79. The summed E-state index contributed by atoms with van der Waals surface area (Å²) in [6.07, 6.45) is 3.85. The summed E-state index contributed by atoms with van der Waals surface area (Å²) < 4.78 is 10.7. The average molecular weight is 354 g/mol. The smallest absolute Gasteiger partial charge is 0.276 e. The number of methoxy groups -OCH3 is 1. The minimum absolute atomic E-state index is 0.256. The van der Waals surface area contributed by atoms with Crippen LogP contribution in [0.4, 0.5) is 0 Å². The van der Waals surface area contributed by atoms with Gasteiger partial charge in [0.2, 0.25) is 0 Å². The van der Waals surface area contributed by atoms with E-state index in [-0.39, 0.29) is 6.61 Å². The lowest BCUT2D eigenvalue weighted by Gasteiger charge is -2.12. The van der Waals surface area contributed by atoms with Gasteiger partial charge in [-0.2, -0.15) is 0 Å². The van der Waals surface area contributed by atoms with Gasteiger partial charge < -0.3 is 9.47 Å². The zero-order valence-electron chi connectivity index (χ0n) is 15.0. The van der Waals surface area contributed by atoms with Crippen molar-refractivity contribution in [2.75, 3.05) is 13.7 Å². The predicted molar refractivity (Wildman–Crippen MR) is 100.0 cm³/mol. The molecule has 6 heteroatoms. The number of hydrogen-bond acceptors (Lipinski definition) is 4. The molecular weight excluding hydrogens is 332 g/mol. The number of ether oxygens (including phenoxy) is 2. The number of benzene rings is 2. The van der Waals surface area contributed by atoms with Crippen LogP contribution in [-0.2, 0) is 4.79 Å². The summed E-state index contributed by atoms with van der Waals surface area (Å²) >= 11 is 0. The molecule has 136 valence electrons. The van der Waals surface area contributed by atoms with Crippen molar-refractivity contribution in [3.63, 3.8) is 0 Å².